The molecule has 0 saturated carbocycles. The van der Waals surface area contributed by atoms with E-state index in [0.29, 0.717) is 0 Å². The van der Waals surface area contributed by atoms with Crippen LogP contribution in [0.1, 0.15) is 78.1 Å². The highest BCUT2D eigenvalue weighted by atomic mass is 127. The van der Waals surface area contributed by atoms with Crippen molar-refractivity contribution < 1.29 is 9.47 Å². The first-order valence-electron chi connectivity index (χ1n) is 8.79. The number of ether oxygens (including phenoxy) is 2. The van der Waals surface area contributed by atoms with Crippen molar-refractivity contribution in [3.63, 3.8) is 0 Å². The van der Waals surface area contributed by atoms with Crippen LogP contribution < -0.4 is 0 Å². The van der Waals surface area contributed by atoms with Crippen LogP contribution in [0.4, 0.5) is 0 Å². The molecule has 0 N–H and O–H groups in total. The summed E-state index contributed by atoms with van der Waals surface area (Å²) in [5, 5.41) is 0. The third-order valence-corrected chi connectivity index (χ3v) is 3.89. The number of hydrogen-bond acceptors (Lipinski definition) is 2. The number of alkyl halides is 1. The predicted molar refractivity (Wildman–Crippen MR) is 101 cm³/mol. The van der Waals surface area contributed by atoms with Crippen molar-refractivity contribution in [1.82, 2.24) is 0 Å². The van der Waals surface area contributed by atoms with Gasteiger partial charge in [-0.1, -0.05) is 67.9 Å². The van der Waals surface area contributed by atoms with E-state index in [1.807, 2.05) is 0 Å². The van der Waals surface area contributed by atoms with Gasteiger partial charge >= 0.3 is 0 Å². The number of rotatable bonds is 16. The molecule has 126 valence electrons. The molecule has 3 heteroatoms. The number of allylic oxidation sites excluding steroid dienone is 2. The Bertz CT molecular complexity index is 211. The van der Waals surface area contributed by atoms with Gasteiger partial charge < -0.3 is 9.47 Å². The third-order valence-electron chi connectivity index (χ3n) is 3.27. The number of halogens is 1. The van der Waals surface area contributed by atoms with E-state index in [9.17, 15) is 0 Å². The van der Waals surface area contributed by atoms with Crippen molar-refractivity contribution in [2.45, 2.75) is 84.3 Å². The summed E-state index contributed by atoms with van der Waals surface area (Å²) in [6, 6.07) is 0. The van der Waals surface area contributed by atoms with E-state index < -0.39 is 0 Å². The van der Waals surface area contributed by atoms with Crippen LogP contribution in [0.2, 0.25) is 0 Å². The van der Waals surface area contributed by atoms with E-state index in [-0.39, 0.29) is 6.29 Å². The Morgan fingerprint density at radius 1 is 0.810 bits per heavy atom. The van der Waals surface area contributed by atoms with E-state index >= 15 is 0 Å². The monoisotopic (exact) mass is 410 g/mol. The zero-order valence-electron chi connectivity index (χ0n) is 14.1. The van der Waals surface area contributed by atoms with Crippen molar-refractivity contribution in [2.24, 2.45) is 0 Å². The first-order valence-corrected chi connectivity index (χ1v) is 10.3. The molecule has 2 nitrogen and oxygen atoms in total. The average molecular weight is 410 g/mol. The molecular weight excluding hydrogens is 375 g/mol. The topological polar surface area (TPSA) is 18.5 Å². The molecule has 0 spiro atoms. The summed E-state index contributed by atoms with van der Waals surface area (Å²) in [4.78, 5) is 0. The van der Waals surface area contributed by atoms with Gasteiger partial charge in [-0.2, -0.15) is 0 Å². The molecule has 0 atom stereocenters. The lowest BCUT2D eigenvalue weighted by molar-refractivity contribution is -0.146. The minimum absolute atomic E-state index is 0.0288. The molecule has 0 bridgehead atoms. The molecule has 0 unspecified atom stereocenters. The van der Waals surface area contributed by atoms with Gasteiger partial charge in [0.15, 0.2) is 6.29 Å². The van der Waals surface area contributed by atoms with E-state index in [4.69, 9.17) is 9.47 Å². The van der Waals surface area contributed by atoms with Crippen molar-refractivity contribution in [3.05, 3.63) is 12.2 Å². The molecule has 0 aromatic rings. The molecule has 0 amide bonds. The van der Waals surface area contributed by atoms with E-state index in [1.54, 1.807) is 0 Å². The summed E-state index contributed by atoms with van der Waals surface area (Å²) in [6.07, 6.45) is 16.9. The third kappa shape index (κ3) is 16.6. The first-order chi connectivity index (χ1) is 10.3. The second-order valence-corrected chi connectivity index (χ2v) is 6.54. The van der Waals surface area contributed by atoms with Gasteiger partial charge in [-0.05, 0) is 44.9 Å². The lowest BCUT2D eigenvalue weighted by atomic mass is 10.1. The maximum Gasteiger partial charge on any atom is 0.157 e. The molecule has 0 rings (SSSR count). The van der Waals surface area contributed by atoms with Crippen LogP contribution in [-0.2, 0) is 9.47 Å². The summed E-state index contributed by atoms with van der Waals surface area (Å²) in [5.74, 6) is 0. The smallest absolute Gasteiger partial charge is 0.157 e. The molecule has 0 aliphatic carbocycles. The quantitative estimate of drug-likeness (QED) is 0.0981. The van der Waals surface area contributed by atoms with Crippen molar-refractivity contribution in [2.75, 3.05) is 17.6 Å². The molecule has 0 aromatic carbocycles. The highest BCUT2D eigenvalue weighted by Gasteiger charge is 2.07. The van der Waals surface area contributed by atoms with Gasteiger partial charge in [0, 0.05) is 17.6 Å². The van der Waals surface area contributed by atoms with Gasteiger partial charge in [-0.3, -0.25) is 0 Å². The summed E-state index contributed by atoms with van der Waals surface area (Å²) in [6.45, 7) is 5.92. The van der Waals surface area contributed by atoms with Gasteiger partial charge in [0.05, 0.1) is 0 Å². The molecular formula is C18H35IO2. The zero-order chi connectivity index (χ0) is 15.6. The summed E-state index contributed by atoms with van der Waals surface area (Å²) >= 11 is 2.42. The first kappa shape index (κ1) is 21.4. The Balaban J connectivity index is 3.43. The Morgan fingerprint density at radius 3 is 2.00 bits per heavy atom. The minimum Gasteiger partial charge on any atom is -0.353 e. The molecule has 0 aromatic heterocycles. The maximum absolute atomic E-state index is 5.74. The van der Waals surface area contributed by atoms with Crippen LogP contribution in [0.3, 0.4) is 0 Å². The van der Waals surface area contributed by atoms with Crippen LogP contribution >= 0.6 is 22.6 Å². The van der Waals surface area contributed by atoms with Crippen LogP contribution in [0.25, 0.3) is 0 Å². The molecule has 0 saturated heterocycles. The fraction of sp³-hybridized carbons (Fsp3) is 0.889. The van der Waals surface area contributed by atoms with E-state index in [1.165, 1.54) is 49.4 Å². The van der Waals surface area contributed by atoms with Crippen molar-refractivity contribution in [1.29, 1.82) is 0 Å². The molecule has 0 fully saturated rings. The zero-order valence-corrected chi connectivity index (χ0v) is 16.3. The van der Waals surface area contributed by atoms with Crippen LogP contribution in [0.15, 0.2) is 12.2 Å². The maximum atomic E-state index is 5.74. The molecule has 0 heterocycles. The Morgan fingerprint density at radius 2 is 1.38 bits per heavy atom. The lowest BCUT2D eigenvalue weighted by Crippen LogP contribution is -2.18. The van der Waals surface area contributed by atoms with Crippen LogP contribution in [0, 0.1) is 0 Å². The van der Waals surface area contributed by atoms with Crippen LogP contribution in [-0.4, -0.2) is 23.9 Å². The largest absolute Gasteiger partial charge is 0.353 e. The Hall–Kier alpha value is 0.390. The minimum atomic E-state index is 0.0288. The number of hydrogen-bond donors (Lipinski definition) is 0. The summed E-state index contributed by atoms with van der Waals surface area (Å²) in [7, 11) is 0. The van der Waals surface area contributed by atoms with Gasteiger partial charge in [-0.25, -0.2) is 0 Å². The van der Waals surface area contributed by atoms with Gasteiger partial charge in [0.2, 0.25) is 0 Å². The fourth-order valence-electron chi connectivity index (χ4n) is 2.12. The van der Waals surface area contributed by atoms with Gasteiger partial charge in [-0.15, -0.1) is 0 Å². The fourth-order valence-corrected chi connectivity index (χ4v) is 2.48. The predicted octanol–water partition coefficient (Wildman–Crippen LogP) is 6.28. The molecule has 0 aliphatic heterocycles. The summed E-state index contributed by atoms with van der Waals surface area (Å²) in [5.41, 5.74) is 0. The van der Waals surface area contributed by atoms with Crippen molar-refractivity contribution >= 4 is 22.6 Å². The van der Waals surface area contributed by atoms with E-state index in [0.717, 1.165) is 32.5 Å². The molecule has 0 aliphatic rings. The highest BCUT2D eigenvalue weighted by molar-refractivity contribution is 14.1. The highest BCUT2D eigenvalue weighted by Crippen LogP contribution is 2.12. The standard InChI is InChI=1S/C18H35IO2/c1-3-16-20-18(21-17-4-2)14-12-10-8-6-5-7-9-11-13-15-19/h9,11,18H,3-8,10,12-17H2,1-2H3/b11-9-. The SMILES string of the molecule is CCCOC(CCCCCCC/C=C\CCI)OCCC. The lowest BCUT2D eigenvalue weighted by Gasteiger charge is -2.18. The Kier molecular flexibility index (Phi) is 18.8. The van der Waals surface area contributed by atoms with Crippen LogP contribution in [0.5, 0.6) is 0 Å². The van der Waals surface area contributed by atoms with Crippen molar-refractivity contribution in [3.8, 4) is 0 Å². The molecule has 21 heavy (non-hydrogen) atoms. The number of unbranched alkanes of at least 4 members (excludes halogenated alkanes) is 5. The van der Waals surface area contributed by atoms with Gasteiger partial charge in [0.25, 0.3) is 0 Å². The average Bonchev–Trinajstić information content (AvgIpc) is 2.51. The second kappa shape index (κ2) is 18.4. The van der Waals surface area contributed by atoms with E-state index in [2.05, 4.69) is 48.6 Å². The normalized spacial score (nSPS) is 11.8. The second-order valence-electron chi connectivity index (χ2n) is 5.47. The van der Waals surface area contributed by atoms with Gasteiger partial charge in [0.1, 0.15) is 0 Å². The summed E-state index contributed by atoms with van der Waals surface area (Å²) < 4.78 is 12.7. The Labute approximate surface area is 146 Å². The molecule has 0 radical (unpaired) electrons.